The summed E-state index contributed by atoms with van der Waals surface area (Å²) in [4.78, 5) is 40.0. The SMILES string of the molecule is COc1ccc(CCCC(=O)c2ccc(CCC(C)(N)COP(=O)(OCC(C)(N)CCc3ccc(C(=O)CCCc4ccc(OC)cc4)n3C)OCC(C)(N)CCc3ccc(C(=O)CCCc4ccc(OC)cc4)n3C)n2C)cc1. The summed E-state index contributed by atoms with van der Waals surface area (Å²) < 4.78 is 54.7. The molecule has 0 bridgehead atoms. The molecular weight excluding hydrogens is 1030 g/mol. The number of carbonyl (C=O) groups is 3. The highest BCUT2D eigenvalue weighted by Crippen LogP contribution is 2.51. The predicted molar refractivity (Wildman–Crippen MR) is 315 cm³/mol. The van der Waals surface area contributed by atoms with E-state index in [0.29, 0.717) is 94.1 Å². The molecule has 0 fully saturated rings. The maximum Gasteiger partial charge on any atom is 0.474 e. The fourth-order valence-corrected chi connectivity index (χ4v) is 11.2. The van der Waals surface area contributed by atoms with Crippen LogP contribution in [0, 0.1) is 0 Å². The quantitative estimate of drug-likeness (QED) is 0.0247. The zero-order valence-electron chi connectivity index (χ0n) is 48.7. The van der Waals surface area contributed by atoms with Crippen LogP contribution in [0.1, 0.15) is 144 Å². The van der Waals surface area contributed by atoms with E-state index in [4.69, 9.17) is 45.0 Å². The Kier molecular flexibility index (Phi) is 22.9. The maximum absolute atomic E-state index is 14.8. The summed E-state index contributed by atoms with van der Waals surface area (Å²) in [6, 6.07) is 35.0. The Morgan fingerprint density at radius 3 is 0.900 bits per heavy atom. The summed E-state index contributed by atoms with van der Waals surface area (Å²) in [5.41, 5.74) is 25.7. The van der Waals surface area contributed by atoms with Crippen molar-refractivity contribution in [2.75, 3.05) is 41.2 Å². The zero-order chi connectivity index (χ0) is 58.1. The fourth-order valence-electron chi connectivity index (χ4n) is 9.62. The molecule has 0 aliphatic carbocycles. The Bertz CT molecular complexity index is 2670. The minimum atomic E-state index is -4.37. The standard InChI is InChI=1S/C63H87N6O10P/c1-61(64,40-37-49-25-34-55(67(49)4)58(70)16-10-13-46-19-28-52(74-7)29-20-46)43-77-80(73,78-44-62(2,65)41-38-50-26-35-56(68(50)5)59(71)17-11-14-47-21-30-53(75-8)31-22-47)79-45-63(3,66)42-39-51-27-36-57(69(51)6)60(72)18-12-15-48-23-32-54(76-9)33-24-48/h19-36H,10-18,37-45,64-66H2,1-9H3. The van der Waals surface area contributed by atoms with E-state index in [-0.39, 0.29) is 37.2 Å². The molecule has 0 aliphatic rings. The molecule has 3 unspecified atom stereocenters. The number of phosphoric acid groups is 1. The van der Waals surface area contributed by atoms with Gasteiger partial charge in [-0.1, -0.05) is 36.4 Å². The largest absolute Gasteiger partial charge is 0.497 e. The van der Waals surface area contributed by atoms with Crippen molar-refractivity contribution in [3.63, 3.8) is 0 Å². The molecule has 3 aromatic carbocycles. The van der Waals surface area contributed by atoms with Gasteiger partial charge in [-0.3, -0.25) is 28.0 Å². The predicted octanol–water partition coefficient (Wildman–Crippen LogP) is 10.9. The maximum atomic E-state index is 14.8. The summed E-state index contributed by atoms with van der Waals surface area (Å²) >= 11 is 0. The van der Waals surface area contributed by atoms with Crippen LogP contribution in [0.4, 0.5) is 0 Å². The highest BCUT2D eigenvalue weighted by Gasteiger charge is 2.36. The zero-order valence-corrected chi connectivity index (χ0v) is 49.6. The van der Waals surface area contributed by atoms with E-state index in [1.807, 2.05) is 165 Å². The second-order valence-corrected chi connectivity index (χ2v) is 24.1. The second-order valence-electron chi connectivity index (χ2n) is 22.4. The van der Waals surface area contributed by atoms with Crippen LogP contribution in [0.3, 0.4) is 0 Å². The molecule has 0 amide bonds. The molecule has 0 saturated carbocycles. The Hall–Kier alpha value is -6.10. The average molecular weight is 1120 g/mol. The van der Waals surface area contributed by atoms with Gasteiger partial charge in [-0.25, -0.2) is 4.57 Å². The molecule has 3 heterocycles. The fraction of sp³-hybridized carbons (Fsp3) is 0.476. The first kappa shape index (κ1) is 63.1. The summed E-state index contributed by atoms with van der Waals surface area (Å²) in [5, 5.41) is 0. The van der Waals surface area contributed by atoms with Crippen molar-refractivity contribution in [3.8, 4) is 17.2 Å². The number of Topliss-reactive ketones (excluding diaryl/α,β-unsaturated/α-hetero) is 3. The number of benzene rings is 3. The Balaban J connectivity index is 1.05. The summed E-state index contributed by atoms with van der Waals surface area (Å²) in [6.07, 6.45) is 8.55. The number of rotatable bonds is 36. The number of nitrogens with two attached hydrogens (primary N) is 3. The van der Waals surface area contributed by atoms with Gasteiger partial charge in [-0.2, -0.15) is 0 Å². The molecule has 80 heavy (non-hydrogen) atoms. The van der Waals surface area contributed by atoms with E-state index in [9.17, 15) is 18.9 Å². The summed E-state index contributed by atoms with van der Waals surface area (Å²) in [5.74, 6) is 2.58. The van der Waals surface area contributed by atoms with Crippen LogP contribution >= 0.6 is 7.82 Å². The molecule has 3 aromatic heterocycles. The summed E-state index contributed by atoms with van der Waals surface area (Å²) in [6.45, 7) is 4.88. The van der Waals surface area contributed by atoms with Gasteiger partial charge in [0, 0.05) is 74.1 Å². The van der Waals surface area contributed by atoms with Gasteiger partial charge in [0.2, 0.25) is 0 Å². The summed E-state index contributed by atoms with van der Waals surface area (Å²) in [7, 11) is 6.18. The Labute approximate surface area is 474 Å². The lowest BCUT2D eigenvalue weighted by Gasteiger charge is -2.32. The number of nitrogens with zero attached hydrogens (tertiary/aromatic N) is 3. The van der Waals surface area contributed by atoms with Gasteiger partial charge in [0.25, 0.3) is 0 Å². The number of ether oxygens (including phenoxy) is 3. The first-order chi connectivity index (χ1) is 38.0. The lowest BCUT2D eigenvalue weighted by molar-refractivity contribution is 0.0667. The van der Waals surface area contributed by atoms with E-state index in [1.165, 1.54) is 0 Å². The van der Waals surface area contributed by atoms with Crippen LogP contribution in [0.2, 0.25) is 0 Å². The van der Waals surface area contributed by atoms with Crippen molar-refractivity contribution in [1.29, 1.82) is 0 Å². The highest BCUT2D eigenvalue weighted by molar-refractivity contribution is 7.48. The van der Waals surface area contributed by atoms with Gasteiger partial charge in [0.1, 0.15) is 17.2 Å². The molecule has 3 atom stereocenters. The van der Waals surface area contributed by atoms with Gasteiger partial charge in [0.15, 0.2) is 17.3 Å². The van der Waals surface area contributed by atoms with Crippen LogP contribution in [0.5, 0.6) is 17.2 Å². The number of methoxy groups -OCH3 is 3. The van der Waals surface area contributed by atoms with Crippen molar-refractivity contribution >= 4 is 25.2 Å². The monoisotopic (exact) mass is 1120 g/mol. The van der Waals surface area contributed by atoms with Crippen molar-refractivity contribution < 1.29 is 46.7 Å². The van der Waals surface area contributed by atoms with Gasteiger partial charge in [0.05, 0.1) is 58.2 Å². The molecule has 434 valence electrons. The number of ketones is 3. The van der Waals surface area contributed by atoms with Gasteiger partial charge in [-0.05, 0) is 187 Å². The van der Waals surface area contributed by atoms with E-state index in [0.717, 1.165) is 70.3 Å². The van der Waals surface area contributed by atoms with Gasteiger partial charge < -0.3 is 45.1 Å². The third-order valence-corrected chi connectivity index (χ3v) is 16.5. The molecule has 0 aliphatic heterocycles. The average Bonchev–Trinajstić information content (AvgIpc) is 4.17. The first-order valence-corrected chi connectivity index (χ1v) is 29.3. The highest BCUT2D eigenvalue weighted by atomic mass is 31.2. The Morgan fingerprint density at radius 2 is 0.662 bits per heavy atom. The molecule has 6 aromatic rings. The number of carbonyl (C=O) groups excluding carboxylic acids is 3. The van der Waals surface area contributed by atoms with E-state index in [1.54, 1.807) is 21.3 Å². The van der Waals surface area contributed by atoms with Crippen molar-refractivity contribution in [3.05, 3.63) is 160 Å². The minimum absolute atomic E-state index is 0.0622. The molecule has 6 N–H and O–H groups in total. The van der Waals surface area contributed by atoms with Crippen molar-refractivity contribution in [2.24, 2.45) is 38.3 Å². The van der Waals surface area contributed by atoms with Crippen LogP contribution in [0.15, 0.2) is 109 Å². The molecule has 16 nitrogen and oxygen atoms in total. The van der Waals surface area contributed by atoms with Crippen LogP contribution in [-0.2, 0) is 77.8 Å². The lowest BCUT2D eigenvalue weighted by Crippen LogP contribution is -2.44. The van der Waals surface area contributed by atoms with Crippen molar-refractivity contribution in [2.45, 2.75) is 134 Å². The van der Waals surface area contributed by atoms with Gasteiger partial charge >= 0.3 is 7.82 Å². The normalized spacial score (nSPS) is 14.7. The third-order valence-electron chi connectivity index (χ3n) is 15.1. The first-order valence-electron chi connectivity index (χ1n) is 27.8. The third kappa shape index (κ3) is 19.0. The van der Waals surface area contributed by atoms with Crippen LogP contribution in [-0.4, -0.2) is 88.8 Å². The smallest absolute Gasteiger partial charge is 0.474 e. The second kappa shape index (κ2) is 29.0. The number of hydrogen-bond acceptors (Lipinski definition) is 13. The van der Waals surface area contributed by atoms with E-state index >= 15 is 0 Å². The topological polar surface area (TPSA) is 217 Å². The molecule has 0 spiro atoms. The van der Waals surface area contributed by atoms with Crippen LogP contribution in [0.25, 0.3) is 0 Å². The number of hydrogen-bond donors (Lipinski definition) is 3. The minimum Gasteiger partial charge on any atom is -0.497 e. The molecular formula is C63H87N6O10P. The van der Waals surface area contributed by atoms with Crippen molar-refractivity contribution in [1.82, 2.24) is 13.7 Å². The number of aromatic nitrogens is 3. The number of phosphoric ester groups is 1. The van der Waals surface area contributed by atoms with E-state index < -0.39 is 24.4 Å². The lowest BCUT2D eigenvalue weighted by atomic mass is 9.97. The molecule has 0 radical (unpaired) electrons. The number of aryl methyl sites for hydroxylation is 6. The molecule has 0 saturated heterocycles. The van der Waals surface area contributed by atoms with Crippen LogP contribution < -0.4 is 31.4 Å². The Morgan fingerprint density at radius 1 is 0.412 bits per heavy atom. The molecule has 17 heteroatoms. The van der Waals surface area contributed by atoms with Gasteiger partial charge in [-0.15, -0.1) is 0 Å². The van der Waals surface area contributed by atoms with E-state index in [2.05, 4.69) is 0 Å². The molecule has 6 rings (SSSR count).